The lowest BCUT2D eigenvalue weighted by Crippen LogP contribution is -2.62. The molecule has 5 rings (SSSR count). The van der Waals surface area contributed by atoms with Crippen molar-refractivity contribution in [1.82, 2.24) is 0 Å². The van der Waals surface area contributed by atoms with Gasteiger partial charge in [-0.25, -0.2) is 0 Å². The first-order valence-corrected chi connectivity index (χ1v) is 9.95. The van der Waals surface area contributed by atoms with Gasteiger partial charge >= 0.3 is 0 Å². The molecule has 1 aliphatic heterocycles. The topological polar surface area (TPSA) is 66.9 Å². The minimum absolute atomic E-state index is 0.00292. The van der Waals surface area contributed by atoms with Gasteiger partial charge in [0.15, 0.2) is 11.6 Å². The third-order valence-corrected chi connectivity index (χ3v) is 8.66. The normalized spacial score (nSPS) is 60.6. The number of ether oxygens (including phenoxy) is 1. The second-order valence-electron chi connectivity index (χ2n) is 9.34. The van der Waals surface area contributed by atoms with E-state index in [-0.39, 0.29) is 36.3 Å². The number of alkyl halides is 1. The molecule has 5 aliphatic rings. The fourth-order valence-corrected chi connectivity index (χ4v) is 7.20. The van der Waals surface area contributed by atoms with Gasteiger partial charge in [-0.05, 0) is 62.4 Å². The van der Waals surface area contributed by atoms with Gasteiger partial charge in [0.05, 0.1) is 16.0 Å². The largest absolute Gasteiger partial charge is 0.381 e. The van der Waals surface area contributed by atoms with E-state index in [0.717, 1.165) is 0 Å². The van der Waals surface area contributed by atoms with E-state index in [2.05, 4.69) is 0 Å². The number of rotatable bonds is 2. The Kier molecular flexibility index (Phi) is 2.53. The average molecular weight is 396 g/mol. The highest BCUT2D eigenvalue weighted by Gasteiger charge is 2.81. The lowest BCUT2D eigenvalue weighted by molar-refractivity contribution is -0.160. The van der Waals surface area contributed by atoms with E-state index >= 15 is 0 Å². The van der Waals surface area contributed by atoms with Crippen molar-refractivity contribution < 1.29 is 26.3 Å². The van der Waals surface area contributed by atoms with Gasteiger partial charge in [-0.3, -0.25) is 9.59 Å². The Balaban J connectivity index is 1.66. The molecule has 0 bridgehead atoms. The fourth-order valence-electron chi connectivity index (χ4n) is 7.05. The van der Waals surface area contributed by atoms with E-state index in [0.29, 0.717) is 6.42 Å². The predicted octanol–water partition coefficient (Wildman–Crippen LogP) is 3.21. The maximum atomic E-state index is 13.1. The lowest BCUT2D eigenvalue weighted by Gasteiger charge is -2.55. The zero-order valence-electron chi connectivity index (χ0n) is 20.6. The van der Waals surface area contributed by atoms with Gasteiger partial charge < -0.3 is 9.84 Å². The molecular weight excluding hydrogens is 364 g/mol. The number of epoxide rings is 1. The van der Waals surface area contributed by atoms with Crippen LogP contribution in [0.15, 0.2) is 23.8 Å². The minimum Gasteiger partial charge on any atom is -0.381 e. The predicted molar refractivity (Wildman–Crippen MR) is 101 cm³/mol. The first kappa shape index (κ1) is 13.3. The molecule has 0 amide bonds. The van der Waals surface area contributed by atoms with Gasteiger partial charge in [0, 0.05) is 13.6 Å². The smallest absolute Gasteiger partial charge is 0.179 e. The summed E-state index contributed by atoms with van der Waals surface area (Å²) in [5.74, 6) is -5.58. The Hall–Kier alpha value is -0.970. The van der Waals surface area contributed by atoms with E-state index in [1.807, 2.05) is 6.92 Å². The molecular formula is C22H27ClO4. The third kappa shape index (κ3) is 1.79. The standard InChI is InChI=1S/C22H27ClO4/c1-12-8-16-15-5-4-13-9-14(24)6-7-19(13,2)22(15)18(27-22)10-20(16,3)21(12,26)17(25)11-23/h6-7,9,12,15-16,18,26H,4-5,8,10-11H2,1-3H3/t12-,15+,16+,18+,19+,20+,21+,22-/m1/s1/i4D2,9D,11D2. The second kappa shape index (κ2) is 5.14. The van der Waals surface area contributed by atoms with Crippen LogP contribution in [0, 0.1) is 28.6 Å². The first-order chi connectivity index (χ1) is 14.5. The van der Waals surface area contributed by atoms with Gasteiger partial charge in [0.25, 0.3) is 0 Å². The molecule has 0 aromatic rings. The van der Waals surface area contributed by atoms with Crippen molar-refractivity contribution in [3.8, 4) is 0 Å². The van der Waals surface area contributed by atoms with Crippen LogP contribution in [-0.2, 0) is 14.3 Å². The quantitative estimate of drug-likeness (QED) is 0.576. The molecule has 0 radical (unpaired) electrons. The van der Waals surface area contributed by atoms with Crippen LogP contribution < -0.4 is 0 Å². The molecule has 3 saturated carbocycles. The molecule has 1 saturated heterocycles. The first-order valence-electron chi connectivity index (χ1n) is 12.1. The lowest BCUT2D eigenvalue weighted by atomic mass is 9.47. The molecule has 5 heteroatoms. The number of ketones is 2. The van der Waals surface area contributed by atoms with Crippen LogP contribution in [0.3, 0.4) is 0 Å². The van der Waals surface area contributed by atoms with Gasteiger partial charge in [-0.1, -0.05) is 25.5 Å². The van der Waals surface area contributed by atoms with Crippen molar-refractivity contribution in [1.29, 1.82) is 0 Å². The van der Waals surface area contributed by atoms with E-state index < -0.39 is 57.8 Å². The molecule has 0 unspecified atom stereocenters. The van der Waals surface area contributed by atoms with Crippen molar-refractivity contribution in [2.45, 2.75) is 63.7 Å². The molecule has 8 atom stereocenters. The highest BCUT2D eigenvalue weighted by Crippen LogP contribution is 2.76. The molecule has 1 N–H and O–H groups in total. The van der Waals surface area contributed by atoms with E-state index in [1.54, 1.807) is 19.9 Å². The number of aliphatic hydroxyl groups is 1. The minimum atomic E-state index is -2.73. The van der Waals surface area contributed by atoms with E-state index in [1.165, 1.54) is 6.08 Å². The summed E-state index contributed by atoms with van der Waals surface area (Å²) >= 11 is 5.75. The van der Waals surface area contributed by atoms with Gasteiger partial charge in [0.2, 0.25) is 0 Å². The summed E-state index contributed by atoms with van der Waals surface area (Å²) in [6.45, 7) is 5.31. The zero-order valence-corrected chi connectivity index (χ0v) is 16.4. The number of carbonyl (C=O) groups excluding carboxylic acids is 2. The van der Waals surface area contributed by atoms with E-state index in [4.69, 9.17) is 23.2 Å². The maximum absolute atomic E-state index is 13.1. The number of hydrogen-bond acceptors (Lipinski definition) is 4. The number of Topliss-reactive ketones (excluding diaryl/α,β-unsaturated/α-hetero) is 1. The fraction of sp³-hybridized carbons (Fsp3) is 0.727. The Bertz CT molecular complexity index is 1020. The van der Waals surface area contributed by atoms with Crippen molar-refractivity contribution in [2.24, 2.45) is 28.6 Å². The summed E-state index contributed by atoms with van der Waals surface area (Å²) in [6.07, 6.45) is 1.33. The van der Waals surface area contributed by atoms with Crippen LogP contribution >= 0.6 is 11.6 Å². The Labute approximate surface area is 172 Å². The average Bonchev–Trinajstić information content (AvgIpc) is 3.35. The summed E-state index contributed by atoms with van der Waals surface area (Å²) in [4.78, 5) is 25.3. The third-order valence-electron chi connectivity index (χ3n) is 8.49. The number of halogens is 1. The Morgan fingerprint density at radius 1 is 1.52 bits per heavy atom. The van der Waals surface area contributed by atoms with Crippen LogP contribution in [0.25, 0.3) is 0 Å². The van der Waals surface area contributed by atoms with Gasteiger partial charge in [-0.15, -0.1) is 11.6 Å². The number of fused-ring (bicyclic) bond motifs is 3. The highest BCUT2D eigenvalue weighted by molar-refractivity contribution is 6.29. The Morgan fingerprint density at radius 2 is 2.26 bits per heavy atom. The molecule has 4 nitrogen and oxygen atoms in total. The Morgan fingerprint density at radius 3 is 2.96 bits per heavy atom. The van der Waals surface area contributed by atoms with Crippen molar-refractivity contribution in [3.05, 3.63) is 23.8 Å². The van der Waals surface area contributed by atoms with Crippen LogP contribution in [-0.4, -0.2) is 39.8 Å². The number of allylic oxidation sites excluding steroid dienone is 2. The van der Waals surface area contributed by atoms with Crippen LogP contribution in [0.1, 0.15) is 53.3 Å². The van der Waals surface area contributed by atoms with Crippen molar-refractivity contribution in [2.75, 3.05) is 5.83 Å². The molecule has 4 aliphatic carbocycles. The molecule has 0 aromatic heterocycles. The van der Waals surface area contributed by atoms with Crippen molar-refractivity contribution >= 4 is 23.2 Å². The maximum Gasteiger partial charge on any atom is 0.179 e. The summed E-state index contributed by atoms with van der Waals surface area (Å²) in [5, 5.41) is 11.7. The highest BCUT2D eigenvalue weighted by atomic mass is 35.5. The SMILES string of the molecule is [2H]C1=C2C([2H])([2H])C[C@H]3[C@@H]4C[C@@H](C)[C@](O)(C(=O)C([2H])([2H])Cl)[C@@]4(C)C[C@@H]4O[C@@]43[C@@]2(C)C=CC1=O. The van der Waals surface area contributed by atoms with Crippen molar-refractivity contribution in [3.63, 3.8) is 0 Å². The van der Waals surface area contributed by atoms with Crippen LogP contribution in [0.5, 0.6) is 0 Å². The number of carbonyl (C=O) groups is 2. The molecule has 27 heavy (non-hydrogen) atoms. The van der Waals surface area contributed by atoms with Gasteiger partial charge in [-0.2, -0.15) is 0 Å². The number of hydrogen-bond donors (Lipinski definition) is 1. The molecule has 4 fully saturated rings. The van der Waals surface area contributed by atoms with E-state index in [9.17, 15) is 14.7 Å². The molecule has 1 heterocycles. The molecule has 1 spiro atoms. The monoisotopic (exact) mass is 395 g/mol. The summed E-state index contributed by atoms with van der Waals surface area (Å²) in [6, 6.07) is -0.322. The molecule has 0 aromatic carbocycles. The van der Waals surface area contributed by atoms with Crippen LogP contribution in [0.4, 0.5) is 0 Å². The summed E-state index contributed by atoms with van der Waals surface area (Å²) < 4.78 is 47.8. The summed E-state index contributed by atoms with van der Waals surface area (Å²) in [7, 11) is 0. The molecule has 146 valence electrons. The second-order valence-corrected chi connectivity index (χ2v) is 9.53. The van der Waals surface area contributed by atoms with Gasteiger partial charge in [0.1, 0.15) is 11.2 Å². The zero-order chi connectivity index (χ0) is 23.9. The van der Waals surface area contributed by atoms with Crippen LogP contribution in [0.2, 0.25) is 0 Å². The summed E-state index contributed by atoms with van der Waals surface area (Å²) in [5.41, 5.74) is -4.73.